The first-order valence-electron chi connectivity index (χ1n) is 5.55. The van der Waals surface area contributed by atoms with E-state index in [1.54, 1.807) is 5.38 Å². The van der Waals surface area contributed by atoms with Gasteiger partial charge >= 0.3 is 5.69 Å². The van der Waals surface area contributed by atoms with Gasteiger partial charge in [-0.25, -0.2) is 0 Å². The number of nitrogens with zero attached hydrogens (tertiary/aromatic N) is 3. The van der Waals surface area contributed by atoms with Gasteiger partial charge in [-0.05, 0) is 5.38 Å². The average molecular weight is 270 g/mol. The highest BCUT2D eigenvalue weighted by atomic mass is 32.1. The molecule has 0 unspecified atom stereocenters. The summed E-state index contributed by atoms with van der Waals surface area (Å²) < 4.78 is 0. The van der Waals surface area contributed by atoms with E-state index in [1.165, 1.54) is 17.4 Å². The van der Waals surface area contributed by atoms with Gasteiger partial charge < -0.3 is 10.6 Å². The van der Waals surface area contributed by atoms with Gasteiger partial charge in [0.15, 0.2) is 5.00 Å². The first-order chi connectivity index (χ1) is 8.58. The molecule has 8 heteroatoms. The van der Waals surface area contributed by atoms with E-state index in [2.05, 4.69) is 0 Å². The molecule has 0 bridgehead atoms. The predicted molar refractivity (Wildman–Crippen MR) is 68.8 cm³/mol. The molecule has 1 aromatic rings. The average Bonchev–Trinajstić information content (AvgIpc) is 2.78. The molecule has 0 atom stereocenters. The fraction of sp³-hybridized carbons (Fsp3) is 0.500. The largest absolute Gasteiger partial charge is 0.369 e. The van der Waals surface area contributed by atoms with E-state index in [4.69, 9.17) is 5.73 Å². The maximum atomic E-state index is 10.8. The lowest BCUT2D eigenvalue weighted by atomic mass is 10.3. The molecule has 18 heavy (non-hydrogen) atoms. The highest BCUT2D eigenvalue weighted by Crippen LogP contribution is 2.34. The zero-order chi connectivity index (χ0) is 13.1. The van der Waals surface area contributed by atoms with Gasteiger partial charge in [0.25, 0.3) is 0 Å². The fourth-order valence-electron chi connectivity index (χ4n) is 2.00. The number of hydrogen-bond donors (Lipinski definition) is 1. The van der Waals surface area contributed by atoms with Crippen LogP contribution in [0.3, 0.4) is 0 Å². The highest BCUT2D eigenvalue weighted by Gasteiger charge is 2.25. The maximum absolute atomic E-state index is 10.8. The molecule has 0 saturated carbocycles. The molecule has 1 aliphatic heterocycles. The van der Waals surface area contributed by atoms with Crippen molar-refractivity contribution in [1.29, 1.82) is 0 Å². The number of nitro groups is 1. The second-order valence-corrected chi connectivity index (χ2v) is 4.99. The normalized spacial score (nSPS) is 16.8. The lowest BCUT2D eigenvalue weighted by molar-refractivity contribution is -0.383. The van der Waals surface area contributed by atoms with Crippen molar-refractivity contribution < 1.29 is 9.72 Å². The van der Waals surface area contributed by atoms with Crippen molar-refractivity contribution in [3.8, 4) is 0 Å². The van der Waals surface area contributed by atoms with Gasteiger partial charge in [0, 0.05) is 32.2 Å². The standard InChI is InChI=1S/C10H14N4O3S/c11-9(15)7-12-2-4-13(5-3-12)10-8(14(16)17)1-6-18-10/h1,6H,2-5,7H2,(H2,11,15). The first kappa shape index (κ1) is 12.8. The second kappa shape index (κ2) is 5.32. The Bertz CT molecular complexity index is 454. The topological polar surface area (TPSA) is 92.7 Å². The Hall–Kier alpha value is -1.67. The van der Waals surface area contributed by atoms with Gasteiger partial charge in [0.05, 0.1) is 11.5 Å². The molecule has 2 N–H and O–H groups in total. The minimum Gasteiger partial charge on any atom is -0.369 e. The Balaban J connectivity index is 1.99. The Morgan fingerprint density at radius 1 is 1.44 bits per heavy atom. The molecule has 2 rings (SSSR count). The van der Waals surface area contributed by atoms with Crippen molar-refractivity contribution in [1.82, 2.24) is 4.90 Å². The number of thiophene rings is 1. The molecule has 0 aliphatic carbocycles. The van der Waals surface area contributed by atoms with Crippen LogP contribution in [0.5, 0.6) is 0 Å². The van der Waals surface area contributed by atoms with Crippen LogP contribution in [0.1, 0.15) is 0 Å². The van der Waals surface area contributed by atoms with Crippen LogP contribution < -0.4 is 10.6 Å². The fourth-order valence-corrected chi connectivity index (χ4v) is 2.92. The van der Waals surface area contributed by atoms with Crippen LogP contribution in [0.4, 0.5) is 10.7 Å². The van der Waals surface area contributed by atoms with E-state index in [0.29, 0.717) is 31.2 Å². The lowest BCUT2D eigenvalue weighted by Gasteiger charge is -2.34. The van der Waals surface area contributed by atoms with Gasteiger partial charge in [-0.1, -0.05) is 0 Å². The van der Waals surface area contributed by atoms with Gasteiger partial charge in [0.1, 0.15) is 0 Å². The maximum Gasteiger partial charge on any atom is 0.303 e. The van der Waals surface area contributed by atoms with Crippen molar-refractivity contribution in [2.75, 3.05) is 37.6 Å². The molecular formula is C10H14N4O3S. The van der Waals surface area contributed by atoms with E-state index >= 15 is 0 Å². The zero-order valence-electron chi connectivity index (χ0n) is 9.74. The van der Waals surface area contributed by atoms with Crippen LogP contribution in [0, 0.1) is 10.1 Å². The van der Waals surface area contributed by atoms with E-state index in [-0.39, 0.29) is 23.1 Å². The molecule has 1 saturated heterocycles. The third-order valence-corrected chi connectivity index (χ3v) is 3.82. The summed E-state index contributed by atoms with van der Waals surface area (Å²) >= 11 is 1.37. The van der Waals surface area contributed by atoms with Crippen LogP contribution in [0.25, 0.3) is 0 Å². The highest BCUT2D eigenvalue weighted by molar-refractivity contribution is 7.14. The van der Waals surface area contributed by atoms with Crippen LogP contribution in [0.15, 0.2) is 11.4 Å². The van der Waals surface area contributed by atoms with Crippen molar-refractivity contribution in [3.63, 3.8) is 0 Å². The van der Waals surface area contributed by atoms with Gasteiger partial charge in [-0.3, -0.25) is 19.8 Å². The Kier molecular flexibility index (Phi) is 3.78. The molecule has 0 aromatic carbocycles. The minimum atomic E-state index is -0.360. The van der Waals surface area contributed by atoms with E-state index < -0.39 is 0 Å². The summed E-state index contributed by atoms with van der Waals surface area (Å²) in [6, 6.07) is 1.52. The number of anilines is 1. The van der Waals surface area contributed by atoms with Crippen molar-refractivity contribution in [2.45, 2.75) is 0 Å². The molecule has 1 aliphatic rings. The van der Waals surface area contributed by atoms with Crippen LogP contribution >= 0.6 is 11.3 Å². The predicted octanol–water partition coefficient (Wildman–Crippen LogP) is 0.264. The second-order valence-electron chi connectivity index (χ2n) is 4.10. The van der Waals surface area contributed by atoms with Crippen LogP contribution in [0.2, 0.25) is 0 Å². The number of carbonyl (C=O) groups is 1. The zero-order valence-corrected chi connectivity index (χ0v) is 10.6. The van der Waals surface area contributed by atoms with Crippen molar-refractivity contribution >= 4 is 27.9 Å². The molecular weight excluding hydrogens is 256 g/mol. The number of nitrogens with two attached hydrogens (primary N) is 1. The van der Waals surface area contributed by atoms with Crippen molar-refractivity contribution in [2.24, 2.45) is 5.73 Å². The molecule has 1 aromatic heterocycles. The van der Waals surface area contributed by atoms with Gasteiger partial charge in [-0.15, -0.1) is 11.3 Å². The molecule has 7 nitrogen and oxygen atoms in total. The summed E-state index contributed by atoms with van der Waals surface area (Å²) in [6.45, 7) is 2.99. The molecule has 1 amide bonds. The summed E-state index contributed by atoms with van der Waals surface area (Å²) in [5.41, 5.74) is 5.29. The Labute approximate surface area is 108 Å². The quantitative estimate of drug-likeness (QED) is 0.626. The number of carbonyl (C=O) groups excluding carboxylic acids is 1. The summed E-state index contributed by atoms with van der Waals surface area (Å²) in [6.07, 6.45) is 0. The van der Waals surface area contributed by atoms with Gasteiger partial charge in [-0.2, -0.15) is 0 Å². The summed E-state index contributed by atoms with van der Waals surface area (Å²) in [4.78, 5) is 25.2. The smallest absolute Gasteiger partial charge is 0.303 e. The number of amides is 1. The molecule has 98 valence electrons. The van der Waals surface area contributed by atoms with Crippen LogP contribution in [-0.4, -0.2) is 48.5 Å². The molecule has 2 heterocycles. The van der Waals surface area contributed by atoms with E-state index in [0.717, 1.165) is 0 Å². The summed E-state index contributed by atoms with van der Waals surface area (Å²) in [5, 5.41) is 13.3. The van der Waals surface area contributed by atoms with Crippen molar-refractivity contribution in [3.05, 3.63) is 21.6 Å². The third-order valence-electron chi connectivity index (χ3n) is 2.86. The SMILES string of the molecule is NC(=O)CN1CCN(c2sccc2[N+](=O)[O-])CC1. The lowest BCUT2D eigenvalue weighted by Crippen LogP contribution is -2.48. The summed E-state index contributed by atoms with van der Waals surface area (Å²) in [7, 11) is 0. The molecule has 0 spiro atoms. The van der Waals surface area contributed by atoms with E-state index in [1.807, 2.05) is 9.80 Å². The Morgan fingerprint density at radius 3 is 2.67 bits per heavy atom. The molecule has 1 fully saturated rings. The number of piperazine rings is 1. The van der Waals surface area contributed by atoms with Gasteiger partial charge in [0.2, 0.25) is 5.91 Å². The van der Waals surface area contributed by atoms with E-state index in [9.17, 15) is 14.9 Å². The minimum absolute atomic E-state index is 0.156. The number of hydrogen-bond acceptors (Lipinski definition) is 6. The summed E-state index contributed by atoms with van der Waals surface area (Å²) in [5.74, 6) is -0.342. The molecule has 0 radical (unpaired) electrons. The third kappa shape index (κ3) is 2.77. The van der Waals surface area contributed by atoms with Crippen LogP contribution in [-0.2, 0) is 4.79 Å². The Morgan fingerprint density at radius 2 is 2.11 bits per heavy atom. The monoisotopic (exact) mass is 270 g/mol. The number of rotatable bonds is 4. The first-order valence-corrected chi connectivity index (χ1v) is 6.43. The number of primary amides is 1.